The molecule has 0 aliphatic carbocycles. The number of hydrogen-bond donors (Lipinski definition) is 1. The molecule has 236 valence electrons. The summed E-state index contributed by atoms with van der Waals surface area (Å²) >= 11 is 0. The van der Waals surface area contributed by atoms with Crippen LogP contribution in [0.4, 0.5) is 5.69 Å². The standard InChI is InChI=1S/C36H41N3O5S/c1-6-34(36(41)37-26(2)3)38(24-29-12-10-11-28(5)23-29)35(40)25-39(45(42,43)33-21-15-27(4)16-22-33)30-17-19-32(20-18-30)44-31-13-8-7-9-14-31/h7-23,26,34H,6,24-25H2,1-5H3,(H,37,41)/t34-/m0/s1. The highest BCUT2D eigenvalue weighted by Crippen LogP contribution is 2.29. The van der Waals surface area contributed by atoms with Crippen molar-refractivity contribution < 1.29 is 22.7 Å². The summed E-state index contributed by atoms with van der Waals surface area (Å²) in [7, 11) is -4.18. The van der Waals surface area contributed by atoms with Gasteiger partial charge in [0, 0.05) is 12.6 Å². The normalized spacial score (nSPS) is 12.0. The van der Waals surface area contributed by atoms with Crippen molar-refractivity contribution >= 4 is 27.5 Å². The van der Waals surface area contributed by atoms with Gasteiger partial charge in [-0.15, -0.1) is 0 Å². The monoisotopic (exact) mass is 627 g/mol. The molecule has 0 aromatic heterocycles. The van der Waals surface area contributed by atoms with Crippen molar-refractivity contribution in [2.45, 2.75) is 64.6 Å². The van der Waals surface area contributed by atoms with Gasteiger partial charge in [0.25, 0.3) is 10.0 Å². The average molecular weight is 628 g/mol. The maximum atomic E-state index is 14.3. The largest absolute Gasteiger partial charge is 0.457 e. The first-order valence-corrected chi connectivity index (χ1v) is 16.5. The van der Waals surface area contributed by atoms with Crippen molar-refractivity contribution in [1.82, 2.24) is 10.2 Å². The second kappa shape index (κ2) is 14.9. The molecule has 8 nitrogen and oxygen atoms in total. The fraction of sp³-hybridized carbons (Fsp3) is 0.278. The van der Waals surface area contributed by atoms with Crippen LogP contribution < -0.4 is 14.4 Å². The molecule has 4 aromatic carbocycles. The van der Waals surface area contributed by atoms with E-state index in [0.717, 1.165) is 21.0 Å². The van der Waals surface area contributed by atoms with E-state index in [4.69, 9.17) is 4.74 Å². The highest BCUT2D eigenvalue weighted by atomic mass is 32.2. The molecule has 9 heteroatoms. The lowest BCUT2D eigenvalue weighted by atomic mass is 10.1. The van der Waals surface area contributed by atoms with E-state index < -0.39 is 28.5 Å². The Morgan fingerprint density at radius 1 is 0.800 bits per heavy atom. The maximum Gasteiger partial charge on any atom is 0.264 e. The minimum Gasteiger partial charge on any atom is -0.457 e. The van der Waals surface area contributed by atoms with Gasteiger partial charge in [0.05, 0.1) is 10.6 Å². The van der Waals surface area contributed by atoms with Crippen molar-refractivity contribution in [2.24, 2.45) is 0 Å². The minimum absolute atomic E-state index is 0.0559. The molecule has 0 fully saturated rings. The summed E-state index contributed by atoms with van der Waals surface area (Å²) in [4.78, 5) is 29.1. The molecule has 0 bridgehead atoms. The summed E-state index contributed by atoms with van der Waals surface area (Å²) < 4.78 is 35.3. The summed E-state index contributed by atoms with van der Waals surface area (Å²) in [6.07, 6.45) is 0.354. The first kappa shape index (κ1) is 33.3. The molecular weight excluding hydrogens is 586 g/mol. The zero-order valence-electron chi connectivity index (χ0n) is 26.4. The van der Waals surface area contributed by atoms with Gasteiger partial charge < -0.3 is 15.0 Å². The summed E-state index contributed by atoms with van der Waals surface area (Å²) in [6.45, 7) is 9.03. The van der Waals surface area contributed by atoms with E-state index in [2.05, 4.69) is 5.32 Å². The molecule has 1 N–H and O–H groups in total. The minimum atomic E-state index is -4.18. The molecule has 0 aliphatic heterocycles. The fourth-order valence-electron chi connectivity index (χ4n) is 4.98. The smallest absolute Gasteiger partial charge is 0.264 e. The molecule has 2 amide bonds. The lowest BCUT2D eigenvalue weighted by Crippen LogP contribution is -2.53. The molecule has 4 aromatic rings. The molecule has 0 spiro atoms. The molecular formula is C36H41N3O5S. The summed E-state index contributed by atoms with van der Waals surface area (Å²) in [6, 6.07) is 29.1. The quantitative estimate of drug-likeness (QED) is 0.180. The van der Waals surface area contributed by atoms with Crippen LogP contribution in [0.3, 0.4) is 0 Å². The molecule has 0 unspecified atom stereocenters. The number of para-hydroxylation sites is 1. The SMILES string of the molecule is CC[C@@H](C(=O)NC(C)C)N(Cc1cccc(C)c1)C(=O)CN(c1ccc(Oc2ccccc2)cc1)S(=O)(=O)c1ccc(C)cc1. The Labute approximate surface area is 266 Å². The lowest BCUT2D eigenvalue weighted by molar-refractivity contribution is -0.140. The summed E-state index contributed by atoms with van der Waals surface area (Å²) in [5, 5.41) is 2.92. The second-order valence-electron chi connectivity index (χ2n) is 11.3. The third-order valence-corrected chi connectivity index (χ3v) is 9.03. The number of amides is 2. The first-order valence-electron chi connectivity index (χ1n) is 15.1. The van der Waals surface area contributed by atoms with Gasteiger partial charge in [-0.25, -0.2) is 8.42 Å². The van der Waals surface area contributed by atoms with E-state index in [-0.39, 0.29) is 23.4 Å². The third kappa shape index (κ3) is 8.73. The highest BCUT2D eigenvalue weighted by Gasteiger charge is 2.34. The van der Waals surface area contributed by atoms with Gasteiger partial charge in [-0.3, -0.25) is 13.9 Å². The van der Waals surface area contributed by atoms with Crippen LogP contribution in [0.1, 0.15) is 43.9 Å². The van der Waals surface area contributed by atoms with E-state index in [1.165, 1.54) is 17.0 Å². The number of nitrogens with zero attached hydrogens (tertiary/aromatic N) is 2. The van der Waals surface area contributed by atoms with E-state index in [1.807, 2.05) is 89.2 Å². The number of benzene rings is 4. The molecule has 45 heavy (non-hydrogen) atoms. The number of ether oxygens (including phenoxy) is 1. The predicted molar refractivity (Wildman–Crippen MR) is 178 cm³/mol. The maximum absolute atomic E-state index is 14.3. The Morgan fingerprint density at radius 2 is 1.44 bits per heavy atom. The van der Waals surface area contributed by atoms with Crippen LogP contribution in [0.5, 0.6) is 11.5 Å². The van der Waals surface area contributed by atoms with Crippen molar-refractivity contribution in [3.63, 3.8) is 0 Å². The van der Waals surface area contributed by atoms with E-state index >= 15 is 0 Å². The Hall–Kier alpha value is -4.63. The van der Waals surface area contributed by atoms with Gasteiger partial charge in [-0.05, 0) is 88.2 Å². The fourth-order valence-corrected chi connectivity index (χ4v) is 6.39. The Morgan fingerprint density at radius 3 is 2.04 bits per heavy atom. The van der Waals surface area contributed by atoms with E-state index in [0.29, 0.717) is 23.6 Å². The Bertz CT molecular complexity index is 1690. The Balaban J connectivity index is 1.73. The number of nitrogens with one attached hydrogen (secondary N) is 1. The number of aryl methyl sites for hydroxylation is 2. The molecule has 0 aliphatic rings. The van der Waals surface area contributed by atoms with Crippen LogP contribution >= 0.6 is 0 Å². The van der Waals surface area contributed by atoms with Crippen LogP contribution in [0, 0.1) is 13.8 Å². The molecule has 0 saturated heterocycles. The molecule has 4 rings (SSSR count). The van der Waals surface area contributed by atoms with Crippen molar-refractivity contribution in [1.29, 1.82) is 0 Å². The van der Waals surface area contributed by atoms with Crippen molar-refractivity contribution in [3.05, 3.63) is 120 Å². The average Bonchev–Trinajstić information content (AvgIpc) is 3.00. The van der Waals surface area contributed by atoms with E-state index in [1.54, 1.807) is 36.4 Å². The molecule has 0 radical (unpaired) electrons. The summed E-state index contributed by atoms with van der Waals surface area (Å²) in [5.41, 5.74) is 3.06. The molecule has 1 atom stereocenters. The van der Waals surface area contributed by atoms with Crippen molar-refractivity contribution in [2.75, 3.05) is 10.8 Å². The van der Waals surface area contributed by atoms with Crippen LogP contribution in [-0.2, 0) is 26.2 Å². The number of anilines is 1. The second-order valence-corrected chi connectivity index (χ2v) is 13.2. The van der Waals surface area contributed by atoms with Crippen LogP contribution in [0.25, 0.3) is 0 Å². The van der Waals surface area contributed by atoms with Gasteiger partial charge >= 0.3 is 0 Å². The van der Waals surface area contributed by atoms with Crippen LogP contribution in [-0.4, -0.2) is 43.8 Å². The zero-order valence-corrected chi connectivity index (χ0v) is 27.3. The molecule has 0 heterocycles. The van der Waals surface area contributed by atoms with E-state index in [9.17, 15) is 18.0 Å². The number of carbonyl (C=O) groups is 2. The van der Waals surface area contributed by atoms with Crippen molar-refractivity contribution in [3.8, 4) is 11.5 Å². The lowest BCUT2D eigenvalue weighted by Gasteiger charge is -2.33. The van der Waals surface area contributed by atoms with Crippen LogP contribution in [0.15, 0.2) is 108 Å². The molecule has 0 saturated carbocycles. The van der Waals surface area contributed by atoms with Gasteiger partial charge in [0.2, 0.25) is 11.8 Å². The van der Waals surface area contributed by atoms with Gasteiger partial charge in [0.1, 0.15) is 24.1 Å². The van der Waals surface area contributed by atoms with Gasteiger partial charge in [-0.1, -0.05) is 72.6 Å². The number of rotatable bonds is 13. The highest BCUT2D eigenvalue weighted by molar-refractivity contribution is 7.92. The number of sulfonamides is 1. The number of carbonyl (C=O) groups excluding carboxylic acids is 2. The zero-order chi connectivity index (χ0) is 32.6. The van der Waals surface area contributed by atoms with Gasteiger partial charge in [-0.2, -0.15) is 0 Å². The summed E-state index contributed by atoms with van der Waals surface area (Å²) in [5.74, 6) is 0.370. The topological polar surface area (TPSA) is 96.0 Å². The Kier molecular flexibility index (Phi) is 11.0. The third-order valence-electron chi connectivity index (χ3n) is 7.24. The van der Waals surface area contributed by atoms with Gasteiger partial charge in [0.15, 0.2) is 0 Å². The first-order chi connectivity index (χ1) is 21.5. The number of hydrogen-bond acceptors (Lipinski definition) is 5. The van der Waals surface area contributed by atoms with Crippen LogP contribution in [0.2, 0.25) is 0 Å². The predicted octanol–water partition coefficient (Wildman–Crippen LogP) is 6.62.